The molecule has 0 aliphatic rings. The maximum atomic E-state index is 5.25. The van der Waals surface area contributed by atoms with Gasteiger partial charge in [-0.25, -0.2) is 0 Å². The first-order chi connectivity index (χ1) is 5.77. The highest BCUT2D eigenvalue weighted by Crippen LogP contribution is 1.86. The van der Waals surface area contributed by atoms with Crippen molar-refractivity contribution < 1.29 is 0 Å². The minimum atomic E-state index is 0.460. The van der Waals surface area contributed by atoms with Crippen LogP contribution >= 0.6 is 0 Å². The van der Waals surface area contributed by atoms with Crippen molar-refractivity contribution in [3.05, 3.63) is 49.4 Å². The maximum absolute atomic E-state index is 5.25. The summed E-state index contributed by atoms with van der Waals surface area (Å²) in [6.07, 6.45) is 11.6. The van der Waals surface area contributed by atoms with Crippen LogP contribution < -0.4 is 5.73 Å². The zero-order chi connectivity index (χ0) is 9.23. The van der Waals surface area contributed by atoms with Crippen LogP contribution in [0.1, 0.15) is 6.42 Å². The fraction of sp³-hybridized carbons (Fsp3) is 0.100. The van der Waals surface area contributed by atoms with Gasteiger partial charge in [-0.1, -0.05) is 37.5 Å². The molecule has 64 valence electrons. The molecule has 0 radical (unpaired) electrons. The third-order valence-electron chi connectivity index (χ3n) is 0.976. The van der Waals surface area contributed by atoms with Crippen LogP contribution in [0.5, 0.6) is 0 Å². The Kier molecular flexibility index (Phi) is 6.55. The molecule has 0 spiro atoms. The molecule has 2 N–H and O–H groups in total. The molecule has 0 aromatic carbocycles. The average molecular weight is 162 g/mol. The van der Waals surface area contributed by atoms with E-state index in [1.165, 1.54) is 6.21 Å². The van der Waals surface area contributed by atoms with Crippen molar-refractivity contribution in [3.8, 4) is 0 Å². The van der Waals surface area contributed by atoms with Gasteiger partial charge in [0, 0.05) is 18.1 Å². The van der Waals surface area contributed by atoms with E-state index in [1.807, 2.05) is 18.2 Å². The lowest BCUT2D eigenvalue weighted by molar-refractivity contribution is 1.36. The molecular weight excluding hydrogens is 148 g/mol. The highest BCUT2D eigenvalue weighted by molar-refractivity contribution is 5.76. The van der Waals surface area contributed by atoms with E-state index in [0.717, 1.165) is 6.42 Å². The highest BCUT2D eigenvalue weighted by Gasteiger charge is 1.71. The molecule has 2 heteroatoms. The summed E-state index contributed by atoms with van der Waals surface area (Å²) in [5.41, 5.74) is 5.71. The van der Waals surface area contributed by atoms with Gasteiger partial charge < -0.3 is 5.73 Å². The second kappa shape index (κ2) is 7.54. The van der Waals surface area contributed by atoms with E-state index in [1.54, 1.807) is 12.3 Å². The molecular formula is C10H14N2. The molecule has 12 heavy (non-hydrogen) atoms. The Labute approximate surface area is 73.5 Å². The first-order valence-electron chi connectivity index (χ1n) is 3.67. The topological polar surface area (TPSA) is 38.4 Å². The Morgan fingerprint density at radius 3 is 2.75 bits per heavy atom. The van der Waals surface area contributed by atoms with Gasteiger partial charge >= 0.3 is 0 Å². The van der Waals surface area contributed by atoms with Gasteiger partial charge in [-0.05, 0) is 6.42 Å². The molecule has 2 nitrogen and oxygen atoms in total. The predicted octanol–water partition coefficient (Wildman–Crippen LogP) is 2.18. The standard InChI is InChI=1S/C10H14N2/c1-3-4-5-6-7-8-12-9-10(2)11/h3-5,7-9H,1-2,6,11H2/b5-4-,8-7-,12-9?. The van der Waals surface area contributed by atoms with Crippen LogP contribution in [0.2, 0.25) is 0 Å². The van der Waals surface area contributed by atoms with Crippen LogP contribution in [0.25, 0.3) is 0 Å². The number of nitrogens with zero attached hydrogens (tertiary/aromatic N) is 1. The quantitative estimate of drug-likeness (QED) is 0.488. The largest absolute Gasteiger partial charge is 0.398 e. The summed E-state index contributed by atoms with van der Waals surface area (Å²) >= 11 is 0. The Hall–Kier alpha value is -1.57. The fourth-order valence-electron chi connectivity index (χ4n) is 0.514. The summed E-state index contributed by atoms with van der Waals surface area (Å²) in [6.45, 7) is 7.02. The van der Waals surface area contributed by atoms with Crippen LogP contribution in [0.15, 0.2) is 54.4 Å². The Bertz CT molecular complexity index is 222. The first-order valence-corrected chi connectivity index (χ1v) is 3.67. The van der Waals surface area contributed by atoms with Gasteiger partial charge in [0.05, 0.1) is 0 Å². The number of aliphatic imine (C=N–C) groups is 1. The van der Waals surface area contributed by atoms with Crippen LogP contribution in [0.4, 0.5) is 0 Å². The summed E-state index contributed by atoms with van der Waals surface area (Å²) in [7, 11) is 0. The molecule has 0 rings (SSSR count). The molecule has 0 amide bonds. The van der Waals surface area contributed by atoms with Crippen molar-refractivity contribution in [2.24, 2.45) is 10.7 Å². The average Bonchev–Trinajstić information content (AvgIpc) is 2.02. The molecule has 0 saturated carbocycles. The lowest BCUT2D eigenvalue weighted by Crippen LogP contribution is -1.93. The third-order valence-corrected chi connectivity index (χ3v) is 0.976. The summed E-state index contributed by atoms with van der Waals surface area (Å²) < 4.78 is 0. The van der Waals surface area contributed by atoms with Crippen molar-refractivity contribution in [1.29, 1.82) is 0 Å². The molecule has 0 saturated heterocycles. The van der Waals surface area contributed by atoms with Gasteiger partial charge in [0.2, 0.25) is 0 Å². The van der Waals surface area contributed by atoms with Crippen molar-refractivity contribution in [3.63, 3.8) is 0 Å². The van der Waals surface area contributed by atoms with Gasteiger partial charge in [-0.2, -0.15) is 0 Å². The van der Waals surface area contributed by atoms with E-state index in [0.29, 0.717) is 5.70 Å². The van der Waals surface area contributed by atoms with Crippen LogP contribution in [-0.2, 0) is 0 Å². The number of nitrogens with two attached hydrogens (primary N) is 1. The normalized spacial score (nSPS) is 11.7. The van der Waals surface area contributed by atoms with Crippen LogP contribution in [-0.4, -0.2) is 6.21 Å². The molecule has 0 fully saturated rings. The van der Waals surface area contributed by atoms with E-state index < -0.39 is 0 Å². The Balaban J connectivity index is 3.56. The Morgan fingerprint density at radius 1 is 1.42 bits per heavy atom. The minimum Gasteiger partial charge on any atom is -0.398 e. The van der Waals surface area contributed by atoms with Crippen molar-refractivity contribution in [1.82, 2.24) is 0 Å². The summed E-state index contributed by atoms with van der Waals surface area (Å²) in [5.74, 6) is 0. The molecule has 0 heterocycles. The molecule has 0 aromatic heterocycles. The lowest BCUT2D eigenvalue weighted by atomic mass is 10.3. The summed E-state index contributed by atoms with van der Waals surface area (Å²) in [6, 6.07) is 0. The molecule has 0 aliphatic carbocycles. The van der Waals surface area contributed by atoms with E-state index in [2.05, 4.69) is 18.2 Å². The van der Waals surface area contributed by atoms with E-state index in [4.69, 9.17) is 5.73 Å². The number of allylic oxidation sites excluding steroid dienone is 5. The van der Waals surface area contributed by atoms with Gasteiger partial charge in [0.1, 0.15) is 0 Å². The molecule has 0 aromatic rings. The van der Waals surface area contributed by atoms with Gasteiger partial charge in [-0.3, -0.25) is 4.99 Å². The minimum absolute atomic E-state index is 0.460. The number of hydrogen-bond acceptors (Lipinski definition) is 2. The number of rotatable bonds is 5. The van der Waals surface area contributed by atoms with Crippen LogP contribution in [0, 0.1) is 0 Å². The monoisotopic (exact) mass is 162 g/mol. The van der Waals surface area contributed by atoms with Crippen molar-refractivity contribution >= 4 is 6.21 Å². The molecule has 0 aliphatic heterocycles. The first kappa shape index (κ1) is 10.4. The predicted molar refractivity (Wildman–Crippen MR) is 54.9 cm³/mol. The van der Waals surface area contributed by atoms with Crippen molar-refractivity contribution in [2.45, 2.75) is 6.42 Å². The van der Waals surface area contributed by atoms with E-state index in [-0.39, 0.29) is 0 Å². The second-order valence-electron chi connectivity index (χ2n) is 2.14. The van der Waals surface area contributed by atoms with E-state index >= 15 is 0 Å². The lowest BCUT2D eigenvalue weighted by Gasteiger charge is -1.81. The third kappa shape index (κ3) is 8.43. The maximum Gasteiger partial charge on any atom is 0.0491 e. The Morgan fingerprint density at radius 2 is 2.17 bits per heavy atom. The molecule has 0 unspecified atom stereocenters. The fourth-order valence-corrected chi connectivity index (χ4v) is 0.514. The second-order valence-corrected chi connectivity index (χ2v) is 2.14. The van der Waals surface area contributed by atoms with Gasteiger partial charge in [-0.15, -0.1) is 0 Å². The highest BCUT2D eigenvalue weighted by atomic mass is 14.7. The smallest absolute Gasteiger partial charge is 0.0491 e. The molecule has 0 atom stereocenters. The molecule has 0 bridgehead atoms. The van der Waals surface area contributed by atoms with Gasteiger partial charge in [0.15, 0.2) is 0 Å². The zero-order valence-electron chi connectivity index (χ0n) is 7.11. The van der Waals surface area contributed by atoms with Crippen molar-refractivity contribution in [2.75, 3.05) is 0 Å². The summed E-state index contributed by atoms with van der Waals surface area (Å²) in [4.78, 5) is 3.88. The van der Waals surface area contributed by atoms with Gasteiger partial charge in [0.25, 0.3) is 0 Å². The zero-order valence-corrected chi connectivity index (χ0v) is 7.11. The summed E-state index contributed by atoms with van der Waals surface area (Å²) in [5, 5.41) is 0. The van der Waals surface area contributed by atoms with E-state index in [9.17, 15) is 0 Å². The SMILES string of the molecule is C=C/C=C\C/C=C\N=CC(=C)N. The number of hydrogen-bond donors (Lipinski definition) is 1. The van der Waals surface area contributed by atoms with Crippen LogP contribution in [0.3, 0.4) is 0 Å².